The first-order valence-electron chi connectivity index (χ1n) is 8.94. The van der Waals surface area contributed by atoms with E-state index in [2.05, 4.69) is 34.7 Å². The molecule has 136 valence electrons. The fourth-order valence-corrected chi connectivity index (χ4v) is 4.36. The number of carbonyl (C=O) groups is 1. The van der Waals surface area contributed by atoms with E-state index >= 15 is 0 Å². The van der Waals surface area contributed by atoms with E-state index in [4.69, 9.17) is 0 Å². The van der Waals surface area contributed by atoms with Crippen molar-refractivity contribution < 1.29 is 4.79 Å². The third-order valence-corrected chi connectivity index (χ3v) is 5.91. The number of carbonyl (C=O) groups excluding carboxylic acids is 1. The third kappa shape index (κ3) is 3.64. The highest BCUT2D eigenvalue weighted by Crippen LogP contribution is 2.28. The molecule has 27 heavy (non-hydrogen) atoms. The van der Waals surface area contributed by atoms with Crippen LogP contribution in [0.3, 0.4) is 0 Å². The zero-order valence-electron chi connectivity index (χ0n) is 15.3. The molecule has 0 saturated carbocycles. The summed E-state index contributed by atoms with van der Waals surface area (Å²) in [6, 6.07) is 22.3. The molecule has 1 atom stereocenters. The molecule has 0 saturated heterocycles. The van der Waals surface area contributed by atoms with Crippen molar-refractivity contribution in [2.45, 2.75) is 19.4 Å². The minimum Gasteiger partial charge on any atom is -0.344 e. The van der Waals surface area contributed by atoms with Crippen LogP contribution in [0.2, 0.25) is 0 Å². The van der Waals surface area contributed by atoms with Gasteiger partial charge < -0.3 is 5.32 Å². The smallest absolute Gasteiger partial charge is 0.261 e. The SMILES string of the molecule is Cc1nn(C)c2sc(C(=O)NC(Cc3ccccc3)c3ccccc3)cc12. The van der Waals surface area contributed by atoms with E-state index in [9.17, 15) is 4.79 Å². The molecular weight excluding hydrogens is 354 g/mol. The Morgan fingerprint density at radius 3 is 2.44 bits per heavy atom. The molecule has 0 aliphatic rings. The normalized spacial score (nSPS) is 12.2. The van der Waals surface area contributed by atoms with Gasteiger partial charge in [-0.05, 0) is 30.5 Å². The molecule has 1 unspecified atom stereocenters. The lowest BCUT2D eigenvalue weighted by Crippen LogP contribution is -2.29. The predicted octanol–water partition coefficient (Wildman–Crippen LogP) is 4.66. The first-order chi connectivity index (χ1) is 13.1. The van der Waals surface area contributed by atoms with Gasteiger partial charge in [-0.3, -0.25) is 9.48 Å². The molecule has 0 aliphatic heterocycles. The maximum absolute atomic E-state index is 13.0. The van der Waals surface area contributed by atoms with Crippen molar-refractivity contribution in [1.82, 2.24) is 15.1 Å². The zero-order valence-corrected chi connectivity index (χ0v) is 16.2. The van der Waals surface area contributed by atoms with Crippen molar-refractivity contribution in [1.29, 1.82) is 0 Å². The molecule has 0 spiro atoms. The molecule has 4 rings (SSSR count). The molecule has 0 aliphatic carbocycles. The number of thiophene rings is 1. The molecule has 2 aromatic carbocycles. The summed E-state index contributed by atoms with van der Waals surface area (Å²) in [5.74, 6) is -0.0413. The number of hydrogen-bond donors (Lipinski definition) is 1. The van der Waals surface area contributed by atoms with Crippen LogP contribution >= 0.6 is 11.3 Å². The minimum absolute atomic E-state index is 0.0413. The molecule has 2 aromatic heterocycles. The summed E-state index contributed by atoms with van der Waals surface area (Å²) in [5, 5.41) is 8.69. The van der Waals surface area contributed by atoms with Crippen molar-refractivity contribution in [2.24, 2.45) is 7.05 Å². The summed E-state index contributed by atoms with van der Waals surface area (Å²) < 4.78 is 1.84. The van der Waals surface area contributed by atoms with Crippen LogP contribution in [0.15, 0.2) is 66.7 Å². The van der Waals surface area contributed by atoms with E-state index in [-0.39, 0.29) is 11.9 Å². The number of fused-ring (bicyclic) bond motifs is 1. The predicted molar refractivity (Wildman–Crippen MR) is 110 cm³/mol. The Balaban J connectivity index is 1.61. The van der Waals surface area contributed by atoms with Crippen molar-refractivity contribution >= 4 is 27.5 Å². The average molecular weight is 375 g/mol. The Morgan fingerprint density at radius 2 is 1.78 bits per heavy atom. The number of nitrogens with one attached hydrogen (secondary N) is 1. The quantitative estimate of drug-likeness (QED) is 0.552. The monoisotopic (exact) mass is 375 g/mol. The second kappa shape index (κ2) is 7.37. The van der Waals surface area contributed by atoms with Crippen LogP contribution < -0.4 is 5.32 Å². The van der Waals surface area contributed by atoms with Gasteiger partial charge >= 0.3 is 0 Å². The molecule has 1 N–H and O–H groups in total. The highest BCUT2D eigenvalue weighted by molar-refractivity contribution is 7.20. The van der Waals surface area contributed by atoms with Crippen molar-refractivity contribution in [2.75, 3.05) is 0 Å². The van der Waals surface area contributed by atoms with Crippen LogP contribution in [0.4, 0.5) is 0 Å². The second-order valence-electron chi connectivity index (χ2n) is 6.66. The summed E-state index contributed by atoms with van der Waals surface area (Å²) in [4.78, 5) is 14.7. The van der Waals surface area contributed by atoms with E-state index < -0.39 is 0 Å². The van der Waals surface area contributed by atoms with Crippen LogP contribution in [0.1, 0.15) is 32.5 Å². The topological polar surface area (TPSA) is 46.9 Å². The van der Waals surface area contributed by atoms with Crippen molar-refractivity contribution in [3.05, 3.63) is 88.4 Å². The van der Waals surface area contributed by atoms with E-state index in [1.807, 2.05) is 61.1 Å². The molecule has 5 heteroatoms. The summed E-state index contributed by atoms with van der Waals surface area (Å²) >= 11 is 1.48. The van der Waals surface area contributed by atoms with E-state index in [1.54, 1.807) is 0 Å². The van der Waals surface area contributed by atoms with Crippen LogP contribution in [0.25, 0.3) is 10.2 Å². The van der Waals surface area contributed by atoms with Gasteiger partial charge in [-0.25, -0.2) is 0 Å². The molecule has 4 aromatic rings. The van der Waals surface area contributed by atoms with Crippen molar-refractivity contribution in [3.8, 4) is 0 Å². The van der Waals surface area contributed by atoms with E-state index in [1.165, 1.54) is 16.9 Å². The lowest BCUT2D eigenvalue weighted by atomic mass is 9.99. The van der Waals surface area contributed by atoms with Crippen LogP contribution in [0.5, 0.6) is 0 Å². The lowest BCUT2D eigenvalue weighted by Gasteiger charge is -2.19. The van der Waals surface area contributed by atoms with E-state index in [0.29, 0.717) is 0 Å². The minimum atomic E-state index is -0.0782. The van der Waals surface area contributed by atoms with Crippen LogP contribution in [-0.4, -0.2) is 15.7 Å². The van der Waals surface area contributed by atoms with Crippen LogP contribution in [-0.2, 0) is 13.5 Å². The number of benzene rings is 2. The van der Waals surface area contributed by atoms with Gasteiger partial charge in [0.25, 0.3) is 5.91 Å². The first-order valence-corrected chi connectivity index (χ1v) is 9.76. The van der Waals surface area contributed by atoms with Gasteiger partial charge in [0.05, 0.1) is 16.6 Å². The summed E-state index contributed by atoms with van der Waals surface area (Å²) in [6.45, 7) is 1.97. The highest BCUT2D eigenvalue weighted by atomic mass is 32.1. The largest absolute Gasteiger partial charge is 0.344 e. The molecular formula is C22H21N3OS. The Hall–Kier alpha value is -2.92. The van der Waals surface area contributed by atoms with Crippen LogP contribution in [0, 0.1) is 6.92 Å². The highest BCUT2D eigenvalue weighted by Gasteiger charge is 2.19. The Morgan fingerprint density at radius 1 is 1.11 bits per heavy atom. The maximum atomic E-state index is 13.0. The number of aryl methyl sites for hydroxylation is 2. The number of aromatic nitrogens is 2. The molecule has 0 bridgehead atoms. The summed E-state index contributed by atoms with van der Waals surface area (Å²) in [6.07, 6.45) is 0.752. The maximum Gasteiger partial charge on any atom is 0.261 e. The van der Waals surface area contributed by atoms with Gasteiger partial charge in [0.15, 0.2) is 0 Å². The zero-order chi connectivity index (χ0) is 18.8. The van der Waals surface area contributed by atoms with E-state index in [0.717, 1.165) is 32.8 Å². The number of nitrogens with zero attached hydrogens (tertiary/aromatic N) is 2. The van der Waals surface area contributed by atoms with Gasteiger partial charge in [0.2, 0.25) is 0 Å². The van der Waals surface area contributed by atoms with Gasteiger partial charge in [-0.1, -0.05) is 60.7 Å². The molecule has 4 nitrogen and oxygen atoms in total. The Kier molecular flexibility index (Phi) is 4.77. The third-order valence-electron chi connectivity index (χ3n) is 4.71. The van der Waals surface area contributed by atoms with Gasteiger partial charge in [0.1, 0.15) is 4.83 Å². The summed E-state index contributed by atoms with van der Waals surface area (Å²) in [7, 11) is 1.91. The lowest BCUT2D eigenvalue weighted by molar-refractivity contribution is 0.0940. The molecule has 1 amide bonds. The number of amides is 1. The van der Waals surface area contributed by atoms with Crippen molar-refractivity contribution in [3.63, 3.8) is 0 Å². The van der Waals surface area contributed by atoms with Gasteiger partial charge in [-0.2, -0.15) is 5.10 Å². The first kappa shape index (κ1) is 17.5. The second-order valence-corrected chi connectivity index (χ2v) is 7.70. The number of rotatable bonds is 5. The molecule has 0 radical (unpaired) electrons. The fourth-order valence-electron chi connectivity index (χ4n) is 3.33. The standard InChI is InChI=1S/C22H21N3OS/c1-15-18-14-20(27-22(18)25(2)24-15)21(26)23-19(17-11-7-4-8-12-17)13-16-9-5-3-6-10-16/h3-12,14,19H,13H2,1-2H3,(H,23,26). The molecule has 0 fully saturated rings. The average Bonchev–Trinajstić information content (AvgIpc) is 3.24. The fraction of sp³-hybridized carbons (Fsp3) is 0.182. The van der Waals surface area contributed by atoms with Gasteiger partial charge in [0, 0.05) is 12.4 Å². The Labute approximate surface area is 162 Å². The number of hydrogen-bond acceptors (Lipinski definition) is 3. The van der Waals surface area contributed by atoms with Gasteiger partial charge in [-0.15, -0.1) is 11.3 Å². The summed E-state index contributed by atoms with van der Waals surface area (Å²) in [5.41, 5.74) is 3.25. The Bertz CT molecular complexity index is 1030. The molecule has 2 heterocycles.